The minimum absolute atomic E-state index is 0.0370. The van der Waals surface area contributed by atoms with Gasteiger partial charge in [0.1, 0.15) is 5.82 Å². The second kappa shape index (κ2) is 5.22. The second-order valence-corrected chi connectivity index (χ2v) is 5.97. The van der Waals surface area contributed by atoms with Gasteiger partial charge < -0.3 is 0 Å². The van der Waals surface area contributed by atoms with E-state index in [1.165, 1.54) is 12.1 Å². The molecule has 0 atom stereocenters. The number of hydrogen-bond acceptors (Lipinski definition) is 3. The molecule has 0 saturated carbocycles. The SMILES string of the molecule is O=S(=O)(Nc1cc(F)ccc1Br)c1ncccc1F. The van der Waals surface area contributed by atoms with Crippen LogP contribution in [0.1, 0.15) is 0 Å². The highest BCUT2D eigenvalue weighted by molar-refractivity contribution is 9.10. The van der Waals surface area contributed by atoms with E-state index >= 15 is 0 Å². The molecule has 0 aliphatic heterocycles. The maximum atomic E-state index is 13.4. The lowest BCUT2D eigenvalue weighted by molar-refractivity contribution is 0.557. The van der Waals surface area contributed by atoms with Gasteiger partial charge in [0.15, 0.2) is 5.82 Å². The van der Waals surface area contributed by atoms with Crippen LogP contribution in [0.15, 0.2) is 46.0 Å². The Bertz CT molecular complexity index is 722. The molecule has 0 aliphatic carbocycles. The van der Waals surface area contributed by atoms with Gasteiger partial charge in [-0.25, -0.2) is 13.8 Å². The van der Waals surface area contributed by atoms with Gasteiger partial charge in [-0.3, -0.25) is 4.72 Å². The van der Waals surface area contributed by atoms with Gasteiger partial charge in [-0.15, -0.1) is 0 Å². The highest BCUT2D eigenvalue weighted by Gasteiger charge is 2.21. The van der Waals surface area contributed by atoms with Crippen LogP contribution in [0.2, 0.25) is 0 Å². The number of sulfonamides is 1. The Hall–Kier alpha value is -1.54. The van der Waals surface area contributed by atoms with E-state index in [9.17, 15) is 17.2 Å². The van der Waals surface area contributed by atoms with Gasteiger partial charge in [-0.1, -0.05) is 0 Å². The van der Waals surface area contributed by atoms with Crippen molar-refractivity contribution in [1.29, 1.82) is 0 Å². The summed E-state index contributed by atoms with van der Waals surface area (Å²) in [7, 11) is -4.22. The van der Waals surface area contributed by atoms with Gasteiger partial charge in [0, 0.05) is 10.7 Å². The van der Waals surface area contributed by atoms with Gasteiger partial charge in [-0.05, 0) is 46.3 Å². The number of nitrogens with zero attached hydrogens (tertiary/aromatic N) is 1. The first kappa shape index (κ1) is 13.9. The molecule has 0 radical (unpaired) electrons. The molecule has 0 bridgehead atoms. The average molecular weight is 349 g/mol. The Labute approximate surface area is 116 Å². The van der Waals surface area contributed by atoms with Crippen LogP contribution in [0.4, 0.5) is 14.5 Å². The van der Waals surface area contributed by atoms with Crippen LogP contribution in [0, 0.1) is 11.6 Å². The van der Waals surface area contributed by atoms with E-state index in [-0.39, 0.29) is 5.69 Å². The number of rotatable bonds is 3. The summed E-state index contributed by atoms with van der Waals surface area (Å²) in [5.41, 5.74) is -0.0370. The van der Waals surface area contributed by atoms with Crippen molar-refractivity contribution in [2.75, 3.05) is 4.72 Å². The Morgan fingerprint density at radius 3 is 2.63 bits per heavy atom. The third kappa shape index (κ3) is 3.07. The summed E-state index contributed by atoms with van der Waals surface area (Å²) >= 11 is 3.07. The second-order valence-electron chi connectivity index (χ2n) is 3.52. The highest BCUT2D eigenvalue weighted by Crippen LogP contribution is 2.25. The van der Waals surface area contributed by atoms with Crippen molar-refractivity contribution in [2.24, 2.45) is 0 Å². The zero-order valence-corrected chi connectivity index (χ0v) is 11.7. The number of pyridine rings is 1. The lowest BCUT2D eigenvalue weighted by atomic mass is 10.3. The minimum atomic E-state index is -4.22. The molecule has 1 N–H and O–H groups in total. The molecular formula is C11H7BrF2N2O2S. The molecule has 1 heterocycles. The quantitative estimate of drug-likeness (QED) is 0.927. The van der Waals surface area contributed by atoms with Gasteiger partial charge in [0.2, 0.25) is 5.03 Å². The number of anilines is 1. The fourth-order valence-corrected chi connectivity index (χ4v) is 2.89. The Morgan fingerprint density at radius 2 is 1.95 bits per heavy atom. The average Bonchev–Trinajstić information content (AvgIpc) is 2.34. The zero-order chi connectivity index (χ0) is 14.0. The van der Waals surface area contributed by atoms with Gasteiger partial charge >= 0.3 is 0 Å². The van der Waals surface area contributed by atoms with Crippen LogP contribution in [-0.4, -0.2) is 13.4 Å². The summed E-state index contributed by atoms with van der Waals surface area (Å²) in [5.74, 6) is -1.61. The van der Waals surface area contributed by atoms with Crippen LogP contribution < -0.4 is 4.72 Å². The molecule has 8 heteroatoms. The predicted octanol–water partition coefficient (Wildman–Crippen LogP) is 2.92. The molecule has 0 spiro atoms. The standard InChI is InChI=1S/C11H7BrF2N2O2S/c12-8-4-3-7(13)6-10(8)16-19(17,18)11-9(14)2-1-5-15-11/h1-6,16H. The van der Waals surface area contributed by atoms with E-state index in [0.29, 0.717) is 4.47 Å². The van der Waals surface area contributed by atoms with Crippen LogP contribution in [0.25, 0.3) is 0 Å². The largest absolute Gasteiger partial charge is 0.282 e. The van der Waals surface area contributed by atoms with Crippen LogP contribution >= 0.6 is 15.9 Å². The summed E-state index contributed by atoms with van der Waals surface area (Å²) in [5, 5.41) is -0.744. The maximum Gasteiger partial charge on any atom is 0.282 e. The molecule has 19 heavy (non-hydrogen) atoms. The van der Waals surface area contributed by atoms with E-state index < -0.39 is 26.7 Å². The van der Waals surface area contributed by atoms with Crippen molar-refractivity contribution >= 4 is 31.6 Å². The summed E-state index contributed by atoms with van der Waals surface area (Å²) < 4.78 is 52.7. The molecule has 0 amide bonds. The zero-order valence-electron chi connectivity index (χ0n) is 9.27. The third-order valence-corrected chi connectivity index (χ3v) is 4.14. The van der Waals surface area contributed by atoms with Crippen molar-refractivity contribution in [1.82, 2.24) is 4.98 Å². The molecule has 0 fully saturated rings. The number of aromatic nitrogens is 1. The molecule has 4 nitrogen and oxygen atoms in total. The topological polar surface area (TPSA) is 59.1 Å². The van der Waals surface area contributed by atoms with Crippen LogP contribution in [-0.2, 0) is 10.0 Å². The lowest BCUT2D eigenvalue weighted by Crippen LogP contribution is -2.16. The minimum Gasteiger partial charge on any atom is -0.277 e. The van der Waals surface area contributed by atoms with Crippen molar-refractivity contribution in [3.63, 3.8) is 0 Å². The summed E-state index contributed by atoms with van der Waals surface area (Å²) in [6, 6.07) is 5.71. The summed E-state index contributed by atoms with van der Waals surface area (Å²) in [4.78, 5) is 3.46. The van der Waals surface area contributed by atoms with Crippen LogP contribution in [0.3, 0.4) is 0 Å². The Balaban J connectivity index is 2.43. The molecule has 0 saturated heterocycles. The lowest BCUT2D eigenvalue weighted by Gasteiger charge is -2.09. The summed E-state index contributed by atoms with van der Waals surface area (Å²) in [6.45, 7) is 0. The maximum absolute atomic E-state index is 13.4. The fourth-order valence-electron chi connectivity index (χ4n) is 1.34. The molecule has 1 aromatic heterocycles. The molecule has 2 aromatic rings. The van der Waals surface area contributed by atoms with E-state index in [1.54, 1.807) is 0 Å². The molecule has 0 aliphatic rings. The first-order valence-electron chi connectivity index (χ1n) is 4.98. The molecule has 2 rings (SSSR count). The molecule has 0 unspecified atom stereocenters. The van der Waals surface area contributed by atoms with Gasteiger partial charge in [0.05, 0.1) is 5.69 Å². The third-order valence-electron chi connectivity index (χ3n) is 2.15. The van der Waals surface area contributed by atoms with Gasteiger partial charge in [-0.2, -0.15) is 8.42 Å². The van der Waals surface area contributed by atoms with E-state index in [1.807, 2.05) is 0 Å². The van der Waals surface area contributed by atoms with Crippen molar-refractivity contribution < 1.29 is 17.2 Å². The molecular weight excluding hydrogens is 342 g/mol. The molecule has 1 aromatic carbocycles. The number of hydrogen-bond donors (Lipinski definition) is 1. The Kier molecular flexibility index (Phi) is 3.81. The van der Waals surface area contributed by atoms with E-state index in [2.05, 4.69) is 25.6 Å². The Morgan fingerprint density at radius 1 is 1.21 bits per heavy atom. The molecule has 100 valence electrons. The van der Waals surface area contributed by atoms with Crippen molar-refractivity contribution in [3.8, 4) is 0 Å². The first-order chi connectivity index (χ1) is 8.90. The van der Waals surface area contributed by atoms with E-state index in [4.69, 9.17) is 0 Å². The number of nitrogens with one attached hydrogen (secondary N) is 1. The van der Waals surface area contributed by atoms with Crippen molar-refractivity contribution in [3.05, 3.63) is 52.6 Å². The normalized spacial score (nSPS) is 11.3. The first-order valence-corrected chi connectivity index (χ1v) is 7.26. The highest BCUT2D eigenvalue weighted by atomic mass is 79.9. The van der Waals surface area contributed by atoms with Crippen molar-refractivity contribution in [2.45, 2.75) is 5.03 Å². The summed E-state index contributed by atoms with van der Waals surface area (Å²) in [6.07, 6.45) is 1.15. The van der Waals surface area contributed by atoms with Gasteiger partial charge in [0.25, 0.3) is 10.0 Å². The predicted molar refractivity (Wildman–Crippen MR) is 69.1 cm³/mol. The number of halogens is 3. The smallest absolute Gasteiger partial charge is 0.277 e. The monoisotopic (exact) mass is 348 g/mol. The number of benzene rings is 1. The van der Waals surface area contributed by atoms with E-state index in [0.717, 1.165) is 24.4 Å². The van der Waals surface area contributed by atoms with Crippen LogP contribution in [0.5, 0.6) is 0 Å². The fraction of sp³-hybridized carbons (Fsp3) is 0.